The largest absolute Gasteiger partial charge is 0.322 e. The molecule has 0 radical (unpaired) electrons. The van der Waals surface area contributed by atoms with E-state index in [-0.39, 0.29) is 17.0 Å². The molecular formula is C22H16FN3O2. The molecule has 0 spiro atoms. The van der Waals surface area contributed by atoms with E-state index < -0.39 is 11.7 Å². The van der Waals surface area contributed by atoms with Crippen molar-refractivity contribution in [3.05, 3.63) is 94.8 Å². The lowest BCUT2D eigenvalue weighted by atomic mass is 10.1. The molecule has 0 saturated carbocycles. The second-order valence-corrected chi connectivity index (χ2v) is 6.11. The molecule has 5 nitrogen and oxygen atoms in total. The summed E-state index contributed by atoms with van der Waals surface area (Å²) in [7, 11) is 0. The van der Waals surface area contributed by atoms with Crippen LogP contribution in [0.15, 0.2) is 66.7 Å². The van der Waals surface area contributed by atoms with Crippen LogP contribution in [0.5, 0.6) is 0 Å². The maximum Gasteiger partial charge on any atom is 0.258 e. The summed E-state index contributed by atoms with van der Waals surface area (Å²) < 4.78 is 14.0. The molecule has 0 atom stereocenters. The van der Waals surface area contributed by atoms with Crippen molar-refractivity contribution < 1.29 is 14.0 Å². The SMILES string of the molecule is Cc1cc(NC(=O)c2ccc(C#N)cc2F)ccc1NC(=O)c1ccccc1. The third-order valence-corrected chi connectivity index (χ3v) is 4.11. The lowest BCUT2D eigenvalue weighted by Crippen LogP contribution is -2.15. The Hall–Kier alpha value is -3.98. The zero-order valence-corrected chi connectivity index (χ0v) is 15.0. The van der Waals surface area contributed by atoms with Crippen LogP contribution < -0.4 is 10.6 Å². The van der Waals surface area contributed by atoms with Crippen molar-refractivity contribution in [3.8, 4) is 6.07 Å². The highest BCUT2D eigenvalue weighted by atomic mass is 19.1. The van der Waals surface area contributed by atoms with Gasteiger partial charge in [-0.25, -0.2) is 4.39 Å². The lowest BCUT2D eigenvalue weighted by molar-refractivity contribution is 0.101. The molecule has 138 valence electrons. The number of nitrogens with one attached hydrogen (secondary N) is 2. The minimum Gasteiger partial charge on any atom is -0.322 e. The van der Waals surface area contributed by atoms with Crippen LogP contribution >= 0.6 is 0 Å². The predicted molar refractivity (Wildman–Crippen MR) is 105 cm³/mol. The summed E-state index contributed by atoms with van der Waals surface area (Å²) in [5, 5.41) is 14.2. The number of rotatable bonds is 4. The van der Waals surface area contributed by atoms with Gasteiger partial charge in [-0.2, -0.15) is 5.26 Å². The van der Waals surface area contributed by atoms with Gasteiger partial charge in [0.15, 0.2) is 0 Å². The molecule has 6 heteroatoms. The van der Waals surface area contributed by atoms with Gasteiger partial charge >= 0.3 is 0 Å². The normalized spacial score (nSPS) is 10.0. The van der Waals surface area contributed by atoms with E-state index in [0.29, 0.717) is 16.9 Å². The summed E-state index contributed by atoms with van der Waals surface area (Å²) in [4.78, 5) is 24.5. The fourth-order valence-electron chi connectivity index (χ4n) is 2.63. The number of nitrogens with zero attached hydrogens (tertiary/aromatic N) is 1. The van der Waals surface area contributed by atoms with Gasteiger partial charge in [0.05, 0.1) is 17.2 Å². The predicted octanol–water partition coefficient (Wildman–Crippen LogP) is 4.51. The summed E-state index contributed by atoms with van der Waals surface area (Å²) >= 11 is 0. The first-order valence-electron chi connectivity index (χ1n) is 8.46. The first-order valence-corrected chi connectivity index (χ1v) is 8.46. The molecule has 0 bridgehead atoms. The lowest BCUT2D eigenvalue weighted by Gasteiger charge is -2.12. The molecule has 0 aliphatic rings. The fourth-order valence-corrected chi connectivity index (χ4v) is 2.63. The van der Waals surface area contributed by atoms with E-state index in [2.05, 4.69) is 10.6 Å². The Bertz CT molecular complexity index is 1090. The number of hydrogen-bond donors (Lipinski definition) is 2. The van der Waals surface area contributed by atoms with E-state index in [0.717, 1.165) is 11.6 Å². The summed E-state index contributed by atoms with van der Waals surface area (Å²) in [6, 6.07) is 19.3. The van der Waals surface area contributed by atoms with Crippen molar-refractivity contribution in [2.24, 2.45) is 0 Å². The Morgan fingerprint density at radius 3 is 2.32 bits per heavy atom. The number of anilines is 2. The monoisotopic (exact) mass is 373 g/mol. The molecule has 2 N–H and O–H groups in total. The number of benzene rings is 3. The minimum atomic E-state index is -0.764. The number of hydrogen-bond acceptors (Lipinski definition) is 3. The molecule has 0 aromatic heterocycles. The van der Waals surface area contributed by atoms with Crippen molar-refractivity contribution in [1.82, 2.24) is 0 Å². The molecule has 0 heterocycles. The van der Waals surface area contributed by atoms with E-state index in [4.69, 9.17) is 5.26 Å². The van der Waals surface area contributed by atoms with Crippen LogP contribution in [0, 0.1) is 24.1 Å². The van der Waals surface area contributed by atoms with E-state index >= 15 is 0 Å². The number of aryl methyl sites for hydroxylation is 1. The summed E-state index contributed by atoms with van der Waals surface area (Å²) in [6.45, 7) is 1.79. The highest BCUT2D eigenvalue weighted by Gasteiger charge is 2.14. The van der Waals surface area contributed by atoms with E-state index in [1.807, 2.05) is 12.1 Å². The van der Waals surface area contributed by atoms with Crippen molar-refractivity contribution >= 4 is 23.2 Å². The smallest absolute Gasteiger partial charge is 0.258 e. The highest BCUT2D eigenvalue weighted by molar-refractivity contribution is 6.06. The van der Waals surface area contributed by atoms with Gasteiger partial charge in [0.1, 0.15) is 5.82 Å². The number of halogens is 1. The Labute approximate surface area is 161 Å². The molecule has 0 saturated heterocycles. The van der Waals surface area contributed by atoms with Gasteiger partial charge in [-0.15, -0.1) is 0 Å². The molecule has 0 fully saturated rings. The maximum absolute atomic E-state index is 14.0. The van der Waals surface area contributed by atoms with Crippen LogP contribution in [0.25, 0.3) is 0 Å². The van der Waals surface area contributed by atoms with Crippen molar-refractivity contribution in [1.29, 1.82) is 5.26 Å². The molecule has 0 aliphatic heterocycles. The van der Waals surface area contributed by atoms with Gasteiger partial charge in [-0.1, -0.05) is 18.2 Å². The van der Waals surface area contributed by atoms with E-state index in [1.165, 1.54) is 12.1 Å². The summed E-state index contributed by atoms with van der Waals surface area (Å²) in [5.74, 6) is -1.62. The van der Waals surface area contributed by atoms with Crippen LogP contribution in [0.1, 0.15) is 31.8 Å². The van der Waals surface area contributed by atoms with E-state index in [9.17, 15) is 14.0 Å². The first kappa shape index (κ1) is 18.8. The van der Waals surface area contributed by atoms with Crippen LogP contribution in [0.2, 0.25) is 0 Å². The van der Waals surface area contributed by atoms with Gasteiger partial charge in [0.25, 0.3) is 11.8 Å². The maximum atomic E-state index is 14.0. The molecule has 3 aromatic carbocycles. The van der Waals surface area contributed by atoms with Crippen molar-refractivity contribution in [2.45, 2.75) is 6.92 Å². The Morgan fingerprint density at radius 2 is 1.68 bits per heavy atom. The quantitative estimate of drug-likeness (QED) is 0.706. The molecule has 3 rings (SSSR count). The van der Waals surface area contributed by atoms with Crippen molar-refractivity contribution in [3.63, 3.8) is 0 Å². The second kappa shape index (κ2) is 8.14. The fraction of sp³-hybridized carbons (Fsp3) is 0.0455. The highest BCUT2D eigenvalue weighted by Crippen LogP contribution is 2.21. The molecule has 0 aliphatic carbocycles. The zero-order valence-electron chi connectivity index (χ0n) is 15.0. The van der Waals surface area contributed by atoms with Crippen LogP contribution in [-0.4, -0.2) is 11.8 Å². The van der Waals surface area contributed by atoms with Crippen LogP contribution in [0.3, 0.4) is 0 Å². The average Bonchev–Trinajstić information content (AvgIpc) is 2.70. The molecule has 28 heavy (non-hydrogen) atoms. The van der Waals surface area contributed by atoms with Crippen molar-refractivity contribution in [2.75, 3.05) is 10.6 Å². The second-order valence-electron chi connectivity index (χ2n) is 6.11. The Kier molecular flexibility index (Phi) is 5.47. The van der Waals surface area contributed by atoms with Gasteiger partial charge in [-0.05, 0) is 61.0 Å². The molecule has 3 aromatic rings. The molecular weight excluding hydrogens is 357 g/mol. The number of nitriles is 1. The van der Waals surface area contributed by atoms with E-state index in [1.54, 1.807) is 49.4 Å². The van der Waals surface area contributed by atoms with Gasteiger partial charge < -0.3 is 10.6 Å². The third kappa shape index (κ3) is 4.22. The minimum absolute atomic E-state index is 0.142. The summed E-state index contributed by atoms with van der Waals surface area (Å²) in [6.07, 6.45) is 0. The Morgan fingerprint density at radius 1 is 0.929 bits per heavy atom. The number of carbonyl (C=O) groups excluding carboxylic acids is 2. The number of amides is 2. The summed E-state index contributed by atoms with van der Waals surface area (Å²) in [5.41, 5.74) is 2.33. The molecule has 2 amide bonds. The Balaban J connectivity index is 1.73. The third-order valence-electron chi connectivity index (χ3n) is 4.11. The topological polar surface area (TPSA) is 82.0 Å². The van der Waals surface area contributed by atoms with Gasteiger partial charge in [0.2, 0.25) is 0 Å². The standard InChI is InChI=1S/C22H16FN3O2/c1-14-11-17(25-22(28)18-9-7-15(13-24)12-19(18)23)8-10-20(14)26-21(27)16-5-3-2-4-6-16/h2-12H,1H3,(H,25,28)(H,26,27). The molecule has 0 unspecified atom stereocenters. The average molecular weight is 373 g/mol. The van der Waals surface area contributed by atoms with Gasteiger partial charge in [-0.3, -0.25) is 9.59 Å². The van der Waals surface area contributed by atoms with Crippen LogP contribution in [0.4, 0.5) is 15.8 Å². The van der Waals surface area contributed by atoms with Crippen LogP contribution in [-0.2, 0) is 0 Å². The van der Waals surface area contributed by atoms with Gasteiger partial charge in [0, 0.05) is 16.9 Å². The first-order chi connectivity index (χ1) is 13.5. The zero-order chi connectivity index (χ0) is 20.1. The number of carbonyl (C=O) groups is 2.